The minimum Gasteiger partial charge on any atom is -0.313 e. The topological polar surface area (TPSA) is 68.4 Å². The van der Waals surface area contributed by atoms with Crippen molar-refractivity contribution >= 4 is 27.8 Å². The summed E-state index contributed by atoms with van der Waals surface area (Å²) in [6.45, 7) is 5.29. The second-order valence-corrected chi connectivity index (χ2v) is 8.98. The lowest BCUT2D eigenvalue weighted by Gasteiger charge is -2.43. The molecule has 28 heavy (non-hydrogen) atoms. The second kappa shape index (κ2) is 7.06. The van der Waals surface area contributed by atoms with Crippen molar-refractivity contribution in [1.29, 1.82) is 0 Å². The Morgan fingerprint density at radius 2 is 1.96 bits per heavy atom. The van der Waals surface area contributed by atoms with Crippen LogP contribution in [0.2, 0.25) is 0 Å². The number of rotatable bonds is 5. The van der Waals surface area contributed by atoms with E-state index < -0.39 is 30.4 Å². The molecule has 3 rings (SSSR count). The van der Waals surface area contributed by atoms with Crippen LogP contribution < -0.4 is 16.7 Å². The first-order valence-electron chi connectivity index (χ1n) is 9.00. The summed E-state index contributed by atoms with van der Waals surface area (Å²) in [4.78, 5) is 27.1. The normalized spacial score (nSPS) is 17.4. The van der Waals surface area contributed by atoms with Gasteiger partial charge in [0.2, 0.25) is 0 Å². The van der Waals surface area contributed by atoms with Crippen LogP contribution in [0.5, 0.6) is 0 Å². The van der Waals surface area contributed by atoms with Crippen molar-refractivity contribution in [2.24, 2.45) is 10.5 Å². The van der Waals surface area contributed by atoms with Gasteiger partial charge in [0.25, 0.3) is 5.56 Å². The number of nitrogens with zero attached hydrogens (tertiary/aromatic N) is 3. The fourth-order valence-electron chi connectivity index (χ4n) is 3.78. The van der Waals surface area contributed by atoms with E-state index in [1.165, 1.54) is 6.21 Å². The van der Waals surface area contributed by atoms with Gasteiger partial charge >= 0.3 is 11.9 Å². The molecular formula is C18H23F3N4O2S. The molecule has 0 aromatic carbocycles. The number of hydrogen-bond acceptors (Lipinski definition) is 5. The maximum absolute atomic E-state index is 13.1. The number of nitrogens with one attached hydrogen (secondary N) is 1. The van der Waals surface area contributed by atoms with Crippen molar-refractivity contribution in [3.8, 4) is 0 Å². The van der Waals surface area contributed by atoms with Crippen LogP contribution >= 0.6 is 11.3 Å². The highest BCUT2D eigenvalue weighted by molar-refractivity contribution is 7.20. The molecular weight excluding hydrogens is 393 g/mol. The Labute approximate surface area is 163 Å². The minimum atomic E-state index is -4.39. The first kappa shape index (κ1) is 20.6. The number of thiophene rings is 1. The lowest BCUT2D eigenvalue weighted by atomic mass is 9.68. The van der Waals surface area contributed by atoms with E-state index in [0.717, 1.165) is 20.5 Å². The molecule has 1 saturated carbocycles. The molecule has 0 bridgehead atoms. The lowest BCUT2D eigenvalue weighted by Crippen LogP contribution is -2.48. The van der Waals surface area contributed by atoms with Gasteiger partial charge in [0.1, 0.15) is 4.83 Å². The molecule has 0 unspecified atom stereocenters. The fourth-order valence-corrected chi connectivity index (χ4v) is 4.98. The largest absolute Gasteiger partial charge is 0.390 e. The van der Waals surface area contributed by atoms with Gasteiger partial charge < -0.3 is 5.43 Å². The molecule has 0 saturated heterocycles. The summed E-state index contributed by atoms with van der Waals surface area (Å²) in [6, 6.07) is -0.287. The van der Waals surface area contributed by atoms with E-state index in [-0.39, 0.29) is 16.3 Å². The summed E-state index contributed by atoms with van der Waals surface area (Å²) in [6.07, 6.45) is -2.73. The van der Waals surface area contributed by atoms with E-state index in [0.29, 0.717) is 28.7 Å². The maximum atomic E-state index is 13.1. The maximum Gasteiger partial charge on any atom is 0.390 e. The minimum absolute atomic E-state index is 0.0105. The van der Waals surface area contributed by atoms with Crippen LogP contribution in [-0.4, -0.2) is 28.6 Å². The Bertz CT molecular complexity index is 1040. The zero-order valence-corrected chi connectivity index (χ0v) is 17.0. The SMILES string of the molecule is CN/N=C/c1sc2c(c1C)c(=O)n(C1CC(C)(C)C1)c(=O)n2CCC(F)(F)F. The molecule has 0 spiro atoms. The smallest absolute Gasteiger partial charge is 0.313 e. The monoisotopic (exact) mass is 416 g/mol. The predicted molar refractivity (Wildman–Crippen MR) is 104 cm³/mol. The van der Waals surface area contributed by atoms with Crippen LogP contribution in [0.3, 0.4) is 0 Å². The zero-order valence-electron chi connectivity index (χ0n) is 16.2. The van der Waals surface area contributed by atoms with Crippen LogP contribution in [0.25, 0.3) is 10.2 Å². The summed E-state index contributed by atoms with van der Waals surface area (Å²) in [5.41, 5.74) is 2.14. The number of halogens is 3. The molecule has 0 amide bonds. The average Bonchev–Trinajstić information content (AvgIpc) is 2.86. The third-order valence-corrected chi connectivity index (χ3v) is 6.40. The first-order valence-corrected chi connectivity index (χ1v) is 9.82. The quantitative estimate of drug-likeness (QED) is 0.600. The van der Waals surface area contributed by atoms with E-state index in [9.17, 15) is 22.8 Å². The highest BCUT2D eigenvalue weighted by Gasteiger charge is 2.39. The standard InChI is InChI=1S/C18H23F3N4O2S/c1-10-12(9-23-22-4)28-15-13(10)14(26)25(11-7-17(2,3)8-11)16(27)24(15)6-5-18(19,20)21/h9,11,22H,5-8H2,1-4H3/b23-9+. The van der Waals surface area contributed by atoms with Gasteiger partial charge in [-0.15, -0.1) is 11.3 Å². The highest BCUT2D eigenvalue weighted by Crippen LogP contribution is 2.46. The van der Waals surface area contributed by atoms with Gasteiger partial charge in [0.05, 0.1) is 22.9 Å². The van der Waals surface area contributed by atoms with E-state index in [1.54, 1.807) is 14.0 Å². The van der Waals surface area contributed by atoms with E-state index in [1.807, 2.05) is 13.8 Å². The molecule has 0 radical (unpaired) electrons. The third kappa shape index (κ3) is 3.74. The van der Waals surface area contributed by atoms with Crippen molar-refractivity contribution in [1.82, 2.24) is 14.6 Å². The zero-order chi connectivity index (χ0) is 20.9. The summed E-state index contributed by atoms with van der Waals surface area (Å²) < 4.78 is 40.8. The molecule has 1 aliphatic carbocycles. The molecule has 1 fully saturated rings. The summed E-state index contributed by atoms with van der Waals surface area (Å²) >= 11 is 1.11. The van der Waals surface area contributed by atoms with Gasteiger partial charge in [-0.05, 0) is 30.7 Å². The molecule has 154 valence electrons. The Kier molecular flexibility index (Phi) is 5.20. The highest BCUT2D eigenvalue weighted by atomic mass is 32.1. The van der Waals surface area contributed by atoms with Crippen LogP contribution in [0, 0.1) is 12.3 Å². The van der Waals surface area contributed by atoms with Crippen LogP contribution in [0.4, 0.5) is 13.2 Å². The number of hydrogen-bond donors (Lipinski definition) is 1. The summed E-state index contributed by atoms with van der Waals surface area (Å²) in [5, 5.41) is 4.23. The summed E-state index contributed by atoms with van der Waals surface area (Å²) in [7, 11) is 1.61. The number of fused-ring (bicyclic) bond motifs is 1. The number of hydrazone groups is 1. The molecule has 0 aliphatic heterocycles. The first-order chi connectivity index (χ1) is 12.9. The number of alkyl halides is 3. The average molecular weight is 416 g/mol. The van der Waals surface area contributed by atoms with Gasteiger partial charge in [0, 0.05) is 19.6 Å². The summed E-state index contributed by atoms with van der Waals surface area (Å²) in [5.74, 6) is 0. The predicted octanol–water partition coefficient (Wildman–Crippen LogP) is 3.40. The van der Waals surface area contributed by atoms with E-state index in [2.05, 4.69) is 10.5 Å². The molecule has 6 nitrogen and oxygen atoms in total. The van der Waals surface area contributed by atoms with E-state index >= 15 is 0 Å². The lowest BCUT2D eigenvalue weighted by molar-refractivity contribution is -0.136. The Balaban J connectivity index is 2.23. The van der Waals surface area contributed by atoms with Crippen molar-refractivity contribution in [2.75, 3.05) is 7.05 Å². The van der Waals surface area contributed by atoms with Crippen molar-refractivity contribution < 1.29 is 13.2 Å². The van der Waals surface area contributed by atoms with Gasteiger partial charge in [-0.1, -0.05) is 13.8 Å². The van der Waals surface area contributed by atoms with Crippen LogP contribution in [0.15, 0.2) is 14.7 Å². The second-order valence-electron chi connectivity index (χ2n) is 7.95. The molecule has 0 atom stereocenters. The number of aryl methyl sites for hydroxylation is 2. The van der Waals surface area contributed by atoms with Gasteiger partial charge in [0.15, 0.2) is 0 Å². The van der Waals surface area contributed by atoms with Gasteiger partial charge in [-0.3, -0.25) is 13.9 Å². The molecule has 10 heteroatoms. The van der Waals surface area contributed by atoms with Crippen molar-refractivity contribution in [3.63, 3.8) is 0 Å². The van der Waals surface area contributed by atoms with Gasteiger partial charge in [-0.25, -0.2) is 4.79 Å². The Morgan fingerprint density at radius 3 is 2.50 bits per heavy atom. The molecule has 2 aromatic rings. The Hall–Kier alpha value is -2.10. The van der Waals surface area contributed by atoms with Crippen LogP contribution in [0.1, 0.15) is 49.6 Å². The molecule has 1 aliphatic rings. The molecule has 1 N–H and O–H groups in total. The van der Waals surface area contributed by atoms with Crippen molar-refractivity contribution in [2.45, 2.75) is 58.8 Å². The van der Waals surface area contributed by atoms with Crippen molar-refractivity contribution in [3.05, 3.63) is 31.3 Å². The Morgan fingerprint density at radius 1 is 1.32 bits per heavy atom. The van der Waals surface area contributed by atoms with E-state index in [4.69, 9.17) is 0 Å². The fraction of sp³-hybridized carbons (Fsp3) is 0.611. The third-order valence-electron chi connectivity index (χ3n) is 5.15. The molecule has 2 heterocycles. The van der Waals surface area contributed by atoms with Crippen LogP contribution in [-0.2, 0) is 6.54 Å². The number of aromatic nitrogens is 2. The molecule has 2 aromatic heterocycles. The van der Waals surface area contributed by atoms with Gasteiger partial charge in [-0.2, -0.15) is 18.3 Å².